The van der Waals surface area contributed by atoms with Gasteiger partial charge in [-0.2, -0.15) is 0 Å². The van der Waals surface area contributed by atoms with Crippen molar-refractivity contribution in [3.05, 3.63) is 0 Å². The van der Waals surface area contributed by atoms with Crippen LogP contribution in [0.5, 0.6) is 0 Å². The summed E-state index contributed by atoms with van der Waals surface area (Å²) >= 11 is 1.10. The third kappa shape index (κ3) is 3.45. The molecule has 0 aromatic heterocycles. The van der Waals surface area contributed by atoms with Crippen molar-refractivity contribution in [1.82, 2.24) is 10.2 Å². The van der Waals surface area contributed by atoms with Crippen LogP contribution in [0.15, 0.2) is 0 Å². The molecule has 2 aliphatic heterocycles. The number of rotatable bonds is 2. The molecule has 0 aromatic rings. The second-order valence-corrected chi connectivity index (χ2v) is 7.01. The normalized spacial score (nSPS) is 26.6. The molecule has 2 atom stereocenters. The van der Waals surface area contributed by atoms with Gasteiger partial charge in [0.2, 0.25) is 5.91 Å². The Morgan fingerprint density at radius 3 is 2.65 bits per heavy atom. The Kier molecular flexibility index (Phi) is 4.27. The number of carbonyl (C=O) groups is 3. The molecule has 6 nitrogen and oxygen atoms in total. The number of likely N-dealkylation sites (tertiary alicyclic amines) is 1. The van der Waals surface area contributed by atoms with Crippen molar-refractivity contribution in [3.8, 4) is 0 Å². The molecule has 1 N–H and O–H groups in total. The third-order valence-corrected chi connectivity index (χ3v) is 4.07. The molecule has 2 saturated heterocycles. The van der Waals surface area contributed by atoms with E-state index in [-0.39, 0.29) is 17.1 Å². The van der Waals surface area contributed by atoms with E-state index in [1.807, 2.05) is 0 Å². The van der Waals surface area contributed by atoms with Gasteiger partial charge in [0.05, 0.1) is 0 Å². The Hall–Kier alpha value is -1.24. The summed E-state index contributed by atoms with van der Waals surface area (Å²) < 4.78 is 5.36. The second-order valence-electron chi connectivity index (χ2n) is 6.02. The summed E-state index contributed by atoms with van der Waals surface area (Å²) in [7, 11) is 0. The molecule has 20 heavy (non-hydrogen) atoms. The van der Waals surface area contributed by atoms with Crippen LogP contribution in [0.4, 0.5) is 4.79 Å². The van der Waals surface area contributed by atoms with Crippen molar-refractivity contribution in [1.29, 1.82) is 0 Å². The van der Waals surface area contributed by atoms with Gasteiger partial charge >= 0.3 is 5.97 Å². The first-order valence-corrected chi connectivity index (χ1v) is 7.73. The fourth-order valence-corrected chi connectivity index (χ4v) is 3.13. The largest absolute Gasteiger partial charge is 0.458 e. The zero-order chi connectivity index (χ0) is 14.9. The van der Waals surface area contributed by atoms with E-state index in [1.165, 1.54) is 0 Å². The Morgan fingerprint density at radius 2 is 2.10 bits per heavy atom. The van der Waals surface area contributed by atoms with Crippen LogP contribution >= 0.6 is 11.8 Å². The van der Waals surface area contributed by atoms with Gasteiger partial charge < -0.3 is 15.0 Å². The topological polar surface area (TPSA) is 75.7 Å². The quantitative estimate of drug-likeness (QED) is 0.774. The molecule has 2 rings (SSSR count). The molecule has 0 spiro atoms. The summed E-state index contributed by atoms with van der Waals surface area (Å²) in [5.41, 5.74) is -0.564. The molecule has 112 valence electrons. The van der Waals surface area contributed by atoms with Crippen molar-refractivity contribution in [3.63, 3.8) is 0 Å². The fraction of sp³-hybridized carbons (Fsp3) is 0.769. The molecule has 2 heterocycles. The summed E-state index contributed by atoms with van der Waals surface area (Å²) in [6, 6.07) is -1.04. The molecule has 2 amide bonds. The van der Waals surface area contributed by atoms with Crippen LogP contribution in [0.2, 0.25) is 0 Å². The fourth-order valence-electron chi connectivity index (χ4n) is 2.36. The molecule has 1 unspecified atom stereocenters. The SMILES string of the molecule is CC(C)(C)OC(=O)[C@@H]1CCCN1C(=O)C1CSC(=O)N1. The highest BCUT2D eigenvalue weighted by Gasteiger charge is 2.41. The predicted octanol–water partition coefficient (Wildman–Crippen LogP) is 1.14. The minimum absolute atomic E-state index is 0.184. The van der Waals surface area contributed by atoms with Crippen LogP contribution in [0.3, 0.4) is 0 Å². The van der Waals surface area contributed by atoms with Gasteiger partial charge in [-0.1, -0.05) is 11.8 Å². The first kappa shape index (κ1) is 15.2. The van der Waals surface area contributed by atoms with Crippen LogP contribution in [-0.2, 0) is 14.3 Å². The van der Waals surface area contributed by atoms with Gasteiger partial charge in [-0.25, -0.2) is 4.79 Å². The van der Waals surface area contributed by atoms with Crippen LogP contribution in [0.25, 0.3) is 0 Å². The number of amides is 2. The number of thioether (sulfide) groups is 1. The maximum atomic E-state index is 12.4. The zero-order valence-electron chi connectivity index (χ0n) is 12.0. The highest BCUT2D eigenvalue weighted by molar-refractivity contribution is 8.14. The summed E-state index contributed by atoms with van der Waals surface area (Å²) in [6.07, 6.45) is 1.40. The van der Waals surface area contributed by atoms with Crippen molar-refractivity contribution < 1.29 is 19.1 Å². The van der Waals surface area contributed by atoms with Gasteiger partial charge in [0.1, 0.15) is 17.7 Å². The zero-order valence-corrected chi connectivity index (χ0v) is 12.8. The lowest BCUT2D eigenvalue weighted by Gasteiger charge is -2.28. The summed E-state index contributed by atoms with van der Waals surface area (Å²) in [5, 5.41) is 2.44. The van der Waals surface area contributed by atoms with E-state index in [2.05, 4.69) is 5.32 Å². The lowest BCUT2D eigenvalue weighted by Crippen LogP contribution is -2.50. The van der Waals surface area contributed by atoms with E-state index in [1.54, 1.807) is 25.7 Å². The highest BCUT2D eigenvalue weighted by Crippen LogP contribution is 2.24. The third-order valence-electron chi connectivity index (χ3n) is 3.19. The molecule has 0 aromatic carbocycles. The average Bonchev–Trinajstić information content (AvgIpc) is 2.93. The van der Waals surface area contributed by atoms with Gasteiger partial charge in [0, 0.05) is 12.3 Å². The van der Waals surface area contributed by atoms with Crippen LogP contribution < -0.4 is 5.32 Å². The Bertz CT molecular complexity index is 433. The van der Waals surface area contributed by atoms with Gasteiger partial charge in [0.15, 0.2) is 0 Å². The molecule has 0 bridgehead atoms. The van der Waals surface area contributed by atoms with Gasteiger partial charge in [-0.15, -0.1) is 0 Å². The Labute approximate surface area is 122 Å². The first-order valence-electron chi connectivity index (χ1n) is 6.74. The van der Waals surface area contributed by atoms with E-state index in [0.29, 0.717) is 18.7 Å². The number of hydrogen-bond donors (Lipinski definition) is 1. The van der Waals surface area contributed by atoms with E-state index < -0.39 is 17.7 Å². The van der Waals surface area contributed by atoms with Crippen molar-refractivity contribution in [2.75, 3.05) is 12.3 Å². The van der Waals surface area contributed by atoms with Crippen molar-refractivity contribution >= 4 is 28.9 Å². The van der Waals surface area contributed by atoms with E-state index in [9.17, 15) is 14.4 Å². The molecule has 0 radical (unpaired) electrons. The number of ether oxygens (including phenoxy) is 1. The van der Waals surface area contributed by atoms with Gasteiger partial charge in [0.25, 0.3) is 5.24 Å². The average molecular weight is 300 g/mol. The molecule has 2 fully saturated rings. The first-order chi connectivity index (χ1) is 9.28. The highest BCUT2D eigenvalue weighted by atomic mass is 32.2. The summed E-state index contributed by atoms with van der Waals surface area (Å²) in [4.78, 5) is 37.2. The number of hydrogen-bond acceptors (Lipinski definition) is 5. The minimum atomic E-state index is -0.564. The predicted molar refractivity (Wildman–Crippen MR) is 75.4 cm³/mol. The van der Waals surface area contributed by atoms with Crippen LogP contribution in [0.1, 0.15) is 33.6 Å². The molecule has 0 aliphatic carbocycles. The van der Waals surface area contributed by atoms with Crippen LogP contribution in [0, 0.1) is 0 Å². The monoisotopic (exact) mass is 300 g/mol. The number of nitrogens with zero attached hydrogens (tertiary/aromatic N) is 1. The van der Waals surface area contributed by atoms with E-state index in [4.69, 9.17) is 4.74 Å². The molecule has 2 aliphatic rings. The van der Waals surface area contributed by atoms with Gasteiger partial charge in [-0.3, -0.25) is 9.59 Å². The number of carbonyl (C=O) groups excluding carboxylic acids is 3. The van der Waals surface area contributed by atoms with E-state index in [0.717, 1.165) is 18.2 Å². The Balaban J connectivity index is 2.01. The van der Waals surface area contributed by atoms with Crippen LogP contribution in [-0.4, -0.2) is 52.0 Å². The maximum Gasteiger partial charge on any atom is 0.329 e. The number of esters is 1. The lowest BCUT2D eigenvalue weighted by molar-refractivity contribution is -0.163. The van der Waals surface area contributed by atoms with Crippen molar-refractivity contribution in [2.24, 2.45) is 0 Å². The van der Waals surface area contributed by atoms with Crippen molar-refractivity contribution in [2.45, 2.75) is 51.3 Å². The molecular weight excluding hydrogens is 280 g/mol. The molecule has 0 saturated carbocycles. The maximum absolute atomic E-state index is 12.4. The lowest BCUT2D eigenvalue weighted by atomic mass is 10.1. The Morgan fingerprint density at radius 1 is 1.40 bits per heavy atom. The second kappa shape index (κ2) is 5.63. The summed E-state index contributed by atoms with van der Waals surface area (Å²) in [5.74, 6) is -0.119. The summed E-state index contributed by atoms with van der Waals surface area (Å²) in [6.45, 7) is 5.96. The molecular formula is C13H20N2O4S. The van der Waals surface area contributed by atoms with E-state index >= 15 is 0 Å². The number of nitrogens with one attached hydrogen (secondary N) is 1. The van der Waals surface area contributed by atoms with Gasteiger partial charge in [-0.05, 0) is 33.6 Å². The minimum Gasteiger partial charge on any atom is -0.458 e. The standard InChI is InChI=1S/C13H20N2O4S/c1-13(2,3)19-11(17)9-5-4-6-15(9)10(16)8-7-20-12(18)14-8/h8-9H,4-7H2,1-3H3,(H,14,18)/t8?,9-/m0/s1. The smallest absolute Gasteiger partial charge is 0.329 e. The molecule has 7 heteroatoms.